The maximum absolute atomic E-state index is 3.84. The number of hydrogen-bond acceptors (Lipinski definition) is 2. The Morgan fingerprint density at radius 3 is 3.13 bits per heavy atom. The van der Waals surface area contributed by atoms with Gasteiger partial charge < -0.3 is 5.32 Å². The molecule has 0 bridgehead atoms. The van der Waals surface area contributed by atoms with Gasteiger partial charge in [-0.1, -0.05) is 13.0 Å². The minimum absolute atomic E-state index is 0.489. The lowest BCUT2D eigenvalue weighted by molar-refractivity contribution is 0.567. The van der Waals surface area contributed by atoms with E-state index in [-0.39, 0.29) is 0 Å². The molecule has 0 fully saturated rings. The molecule has 1 nitrogen and oxygen atoms in total. The Labute approximate surface area is 96.2 Å². The molecule has 0 radical (unpaired) electrons. The first-order valence-electron chi connectivity index (χ1n) is 5.81. The lowest BCUT2D eigenvalue weighted by Crippen LogP contribution is -2.19. The van der Waals surface area contributed by atoms with Crippen molar-refractivity contribution in [1.29, 1.82) is 0 Å². The van der Waals surface area contributed by atoms with E-state index in [0.29, 0.717) is 6.04 Å². The fraction of sp³-hybridized carbons (Fsp3) is 0.538. The topological polar surface area (TPSA) is 12.0 Å². The lowest BCUT2D eigenvalue weighted by Gasteiger charge is -2.13. The fourth-order valence-electron chi connectivity index (χ4n) is 2.24. The highest BCUT2D eigenvalue weighted by Crippen LogP contribution is 2.34. The highest BCUT2D eigenvalue weighted by atomic mass is 32.1. The number of nitrogens with one attached hydrogen (secondary N) is 1. The third-order valence-electron chi connectivity index (χ3n) is 2.96. The first-order valence-corrected chi connectivity index (χ1v) is 6.62. The molecule has 0 saturated carbocycles. The van der Waals surface area contributed by atoms with Gasteiger partial charge >= 0.3 is 0 Å². The number of hydrogen-bond donors (Lipinski definition) is 1. The molecule has 15 heavy (non-hydrogen) atoms. The first-order chi connectivity index (χ1) is 7.35. The highest BCUT2D eigenvalue weighted by Gasteiger charge is 2.18. The van der Waals surface area contributed by atoms with E-state index in [4.69, 9.17) is 0 Å². The van der Waals surface area contributed by atoms with Gasteiger partial charge in [0.25, 0.3) is 0 Å². The number of thiophene rings is 1. The zero-order valence-electron chi connectivity index (χ0n) is 9.38. The Morgan fingerprint density at radius 2 is 2.47 bits per heavy atom. The van der Waals surface area contributed by atoms with Crippen LogP contribution in [-0.2, 0) is 12.8 Å². The van der Waals surface area contributed by atoms with Gasteiger partial charge in [0.2, 0.25) is 0 Å². The number of fused-ring (bicyclic) bond motifs is 1. The second-order valence-corrected chi connectivity index (χ2v) is 5.25. The summed E-state index contributed by atoms with van der Waals surface area (Å²) < 4.78 is 0. The molecule has 2 rings (SSSR count). The van der Waals surface area contributed by atoms with Crippen molar-refractivity contribution < 1.29 is 0 Å². The van der Waals surface area contributed by atoms with Gasteiger partial charge in [0, 0.05) is 15.8 Å². The van der Waals surface area contributed by atoms with Gasteiger partial charge in [-0.15, -0.1) is 17.9 Å². The largest absolute Gasteiger partial charge is 0.309 e. The van der Waals surface area contributed by atoms with Crippen molar-refractivity contribution >= 4 is 11.3 Å². The summed E-state index contributed by atoms with van der Waals surface area (Å²) in [6.45, 7) is 7.03. The maximum atomic E-state index is 3.84. The predicted molar refractivity (Wildman–Crippen MR) is 67.6 cm³/mol. The summed E-state index contributed by atoms with van der Waals surface area (Å²) in [5, 5.41) is 3.53. The van der Waals surface area contributed by atoms with E-state index in [9.17, 15) is 0 Å². The minimum Gasteiger partial charge on any atom is -0.309 e. The van der Waals surface area contributed by atoms with Crippen molar-refractivity contribution in [3.8, 4) is 0 Å². The monoisotopic (exact) mass is 221 g/mol. The summed E-state index contributed by atoms with van der Waals surface area (Å²) in [5.41, 5.74) is 1.60. The van der Waals surface area contributed by atoms with Crippen LogP contribution in [0.3, 0.4) is 0 Å². The molecule has 0 saturated heterocycles. The molecular formula is C13H19NS. The normalized spacial score (nSPS) is 16.3. The van der Waals surface area contributed by atoms with Crippen LogP contribution in [0, 0.1) is 0 Å². The maximum Gasteiger partial charge on any atom is 0.0449 e. The van der Waals surface area contributed by atoms with Gasteiger partial charge in [-0.3, -0.25) is 0 Å². The molecule has 82 valence electrons. The van der Waals surface area contributed by atoms with Gasteiger partial charge in [-0.05, 0) is 43.9 Å². The van der Waals surface area contributed by atoms with Gasteiger partial charge in [0.15, 0.2) is 0 Å². The third-order valence-corrected chi connectivity index (χ3v) is 4.31. The molecule has 1 heterocycles. The molecule has 2 heteroatoms. The van der Waals surface area contributed by atoms with E-state index >= 15 is 0 Å². The van der Waals surface area contributed by atoms with Crippen molar-refractivity contribution in [1.82, 2.24) is 5.32 Å². The van der Waals surface area contributed by atoms with Crippen molar-refractivity contribution in [3.05, 3.63) is 34.0 Å². The van der Waals surface area contributed by atoms with Crippen LogP contribution in [0.15, 0.2) is 18.7 Å². The molecule has 0 spiro atoms. The summed E-state index contributed by atoms with van der Waals surface area (Å²) in [5.74, 6) is 0. The van der Waals surface area contributed by atoms with Gasteiger partial charge in [-0.25, -0.2) is 0 Å². The van der Waals surface area contributed by atoms with Crippen molar-refractivity contribution in [3.63, 3.8) is 0 Å². The molecular weight excluding hydrogens is 202 g/mol. The zero-order chi connectivity index (χ0) is 10.7. The van der Waals surface area contributed by atoms with Crippen LogP contribution in [-0.4, -0.2) is 6.54 Å². The average molecular weight is 221 g/mol. The van der Waals surface area contributed by atoms with Crippen LogP contribution < -0.4 is 5.32 Å². The van der Waals surface area contributed by atoms with Crippen LogP contribution in [0.25, 0.3) is 0 Å². The van der Waals surface area contributed by atoms with Crippen LogP contribution in [0.4, 0.5) is 0 Å². The molecule has 1 N–H and O–H groups in total. The van der Waals surface area contributed by atoms with E-state index in [2.05, 4.69) is 24.9 Å². The summed E-state index contributed by atoms with van der Waals surface area (Å²) >= 11 is 2.00. The highest BCUT2D eigenvalue weighted by molar-refractivity contribution is 7.12. The third kappa shape index (κ3) is 2.32. The molecule has 1 aliphatic carbocycles. The number of rotatable bonds is 5. The Kier molecular flexibility index (Phi) is 3.60. The van der Waals surface area contributed by atoms with E-state index in [1.807, 2.05) is 17.4 Å². The van der Waals surface area contributed by atoms with Crippen molar-refractivity contribution in [2.75, 3.05) is 6.54 Å². The predicted octanol–water partition coefficient (Wildman–Crippen LogP) is 3.46. The van der Waals surface area contributed by atoms with Crippen LogP contribution in [0.2, 0.25) is 0 Å². The molecule has 1 aromatic rings. The quantitative estimate of drug-likeness (QED) is 0.751. The molecule has 1 aliphatic rings. The molecule has 1 atom stereocenters. The van der Waals surface area contributed by atoms with Crippen molar-refractivity contribution in [2.24, 2.45) is 0 Å². The molecule has 1 aromatic heterocycles. The van der Waals surface area contributed by atoms with Gasteiger partial charge in [0.1, 0.15) is 0 Å². The van der Waals surface area contributed by atoms with Gasteiger partial charge in [-0.2, -0.15) is 0 Å². The standard InChI is InChI=1S/C13H19NS/c1-3-6-11(14-4-2)13-9-10-7-5-8-12(10)15-13/h3,9,11,14H,1,4-8H2,2H3. The second-order valence-electron chi connectivity index (χ2n) is 4.09. The molecule has 0 amide bonds. The van der Waals surface area contributed by atoms with Crippen molar-refractivity contribution in [2.45, 2.75) is 38.6 Å². The SMILES string of the molecule is C=CCC(NCC)c1cc2c(s1)CCC2. The average Bonchev–Trinajstić information content (AvgIpc) is 2.76. The summed E-state index contributed by atoms with van der Waals surface area (Å²) in [6, 6.07) is 2.90. The zero-order valence-corrected chi connectivity index (χ0v) is 10.2. The van der Waals surface area contributed by atoms with Crippen LogP contribution >= 0.6 is 11.3 Å². The second kappa shape index (κ2) is 4.95. The summed E-state index contributed by atoms with van der Waals surface area (Å²) in [4.78, 5) is 3.12. The minimum atomic E-state index is 0.489. The fourth-order valence-corrected chi connectivity index (χ4v) is 3.58. The van der Waals surface area contributed by atoms with Crippen LogP contribution in [0.1, 0.15) is 41.1 Å². The Bertz CT molecular complexity index is 319. The summed E-state index contributed by atoms with van der Waals surface area (Å²) in [6.07, 6.45) is 6.99. The molecule has 0 aromatic carbocycles. The Hall–Kier alpha value is -0.600. The Balaban J connectivity index is 2.14. The van der Waals surface area contributed by atoms with Gasteiger partial charge in [0.05, 0.1) is 0 Å². The molecule has 0 aliphatic heterocycles. The van der Waals surface area contributed by atoms with E-state index in [0.717, 1.165) is 13.0 Å². The summed E-state index contributed by atoms with van der Waals surface area (Å²) in [7, 11) is 0. The lowest BCUT2D eigenvalue weighted by atomic mass is 10.1. The Morgan fingerprint density at radius 1 is 1.60 bits per heavy atom. The van der Waals surface area contributed by atoms with E-state index < -0.39 is 0 Å². The van der Waals surface area contributed by atoms with E-state index in [1.54, 1.807) is 10.4 Å². The smallest absolute Gasteiger partial charge is 0.0449 e. The van der Waals surface area contributed by atoms with Crippen LogP contribution in [0.5, 0.6) is 0 Å². The first kappa shape index (κ1) is 10.9. The molecule has 1 unspecified atom stereocenters. The van der Waals surface area contributed by atoms with E-state index in [1.165, 1.54) is 24.1 Å². The number of aryl methyl sites for hydroxylation is 2.